The Hall–Kier alpha value is -2.17. The molecule has 21 heteroatoms. The van der Waals surface area contributed by atoms with Crippen LogP contribution in [0.2, 0.25) is 0 Å². The number of aldehydes is 2. The monoisotopic (exact) mass is 951 g/mol. The van der Waals surface area contributed by atoms with Gasteiger partial charge in [0, 0.05) is 59.1 Å². The molecule has 0 bridgehead atoms. The minimum atomic E-state index is -1.75. The summed E-state index contributed by atoms with van der Waals surface area (Å²) >= 11 is 6.64. The van der Waals surface area contributed by atoms with E-state index in [2.05, 4.69) is 31.9 Å². The molecule has 0 fully saturated rings. The summed E-state index contributed by atoms with van der Waals surface area (Å²) in [6.07, 6.45) is 1.13. The van der Waals surface area contributed by atoms with Crippen LogP contribution >= 0.6 is 31.9 Å². The van der Waals surface area contributed by atoms with Crippen LogP contribution in [-0.4, -0.2) is 65.7 Å². The Kier molecular flexibility index (Phi) is 35.5. The molecule has 0 unspecified atom stereocenters. The molecule has 0 aliphatic rings. The van der Waals surface area contributed by atoms with Crippen LogP contribution in [0.25, 0.3) is 0 Å². The van der Waals surface area contributed by atoms with Crippen molar-refractivity contribution in [3.8, 4) is 17.6 Å². The van der Waals surface area contributed by atoms with Crippen molar-refractivity contribution in [1.82, 2.24) is 9.80 Å². The average molecular weight is 954 g/mol. The topological polar surface area (TPSA) is 283 Å². The third-order valence-corrected chi connectivity index (χ3v) is 5.23. The standard InChI is InChI=1S/C20H22Br2N2O4.C2H3N.C2H4O2.Eu.2NO3.Zn/c1-23(9-13-5-17(21)7-15(11-25)19(13)27)3-4-24(2)10-14-6-18(22)8-16(12-26)20(14)28;1-2-3;1-2(3)4;;2*2-1(3)4;/h5-8,11-12,27-28H,3-4,9-10H2,1-2H3;1H3;1H3,(H,3,4);;;;/q;;;+3;2*-1;+2/p-3. The van der Waals surface area contributed by atoms with E-state index in [0.717, 1.165) is 6.92 Å². The van der Waals surface area contributed by atoms with Gasteiger partial charge < -0.3 is 60.6 Å². The average Bonchev–Trinajstić information content (AvgIpc) is 2.86. The maximum atomic E-state index is 12.2. The van der Waals surface area contributed by atoms with Gasteiger partial charge in [0.2, 0.25) is 0 Å². The van der Waals surface area contributed by atoms with Crippen molar-refractivity contribution in [2.75, 3.05) is 27.2 Å². The fourth-order valence-corrected chi connectivity index (χ4v) is 3.88. The Morgan fingerprint density at radius 3 is 1.27 bits per heavy atom. The molecule has 0 atom stereocenters. The molecular formula is C24H26Br2EuN5O12Zn. The van der Waals surface area contributed by atoms with E-state index in [0.29, 0.717) is 58.8 Å². The predicted octanol–water partition coefficient (Wildman–Crippen LogP) is 1.35. The van der Waals surface area contributed by atoms with E-state index < -0.39 is 16.1 Å². The van der Waals surface area contributed by atoms with Gasteiger partial charge in [0.1, 0.15) is 12.6 Å². The quantitative estimate of drug-likeness (QED) is 0.148. The number of halogens is 2. The zero-order valence-corrected chi connectivity index (χ0v) is 32.8. The number of carboxylic acid groups (broad SMARTS) is 1. The van der Waals surface area contributed by atoms with Gasteiger partial charge in [-0.15, -0.1) is 0 Å². The molecule has 0 N–H and O–H groups in total. The van der Waals surface area contributed by atoms with Crippen LogP contribution in [-0.2, 0) is 37.4 Å². The fraction of sp³-hybridized carbons (Fsp3) is 0.333. The molecule has 2 aromatic rings. The zero-order valence-electron chi connectivity index (χ0n) is 24.3. The van der Waals surface area contributed by atoms with Crippen LogP contribution in [0.15, 0.2) is 33.2 Å². The summed E-state index contributed by atoms with van der Waals surface area (Å²) in [5, 5.41) is 70.2. The van der Waals surface area contributed by atoms with Gasteiger partial charge in [-0.2, -0.15) is 5.26 Å². The molecule has 0 saturated heterocycles. The van der Waals surface area contributed by atoms with E-state index >= 15 is 0 Å². The number of likely N-dealkylation sites (N-methyl/N-ethyl adjacent to an activating group) is 2. The van der Waals surface area contributed by atoms with Gasteiger partial charge in [0.15, 0.2) is 0 Å². The molecule has 0 aliphatic carbocycles. The SMILES string of the molecule is CC#N.CC(=O)[O-].CN(CCN(C)Cc1cc(Br)cc(C=O)c1[O-])Cc1cc(Br)cc(C=O)c1[O-].O=[N+]([O-])[O-].O=[N+]([O-])[O-].[Eu+3].[Zn+2]. The zero-order chi connectivity index (χ0) is 34.3. The van der Waals surface area contributed by atoms with Crippen LogP contribution in [0.3, 0.4) is 0 Å². The molecule has 0 aliphatic heterocycles. The predicted molar refractivity (Wildman–Crippen MR) is 153 cm³/mol. The van der Waals surface area contributed by atoms with E-state index in [9.17, 15) is 19.8 Å². The van der Waals surface area contributed by atoms with Crippen LogP contribution in [0.5, 0.6) is 11.5 Å². The van der Waals surface area contributed by atoms with Crippen molar-refractivity contribution < 1.29 is 109 Å². The summed E-state index contributed by atoms with van der Waals surface area (Å²) in [5.41, 5.74) is 1.37. The number of carbonyl (C=O) groups is 3. The molecule has 45 heavy (non-hydrogen) atoms. The van der Waals surface area contributed by atoms with Crippen molar-refractivity contribution >= 4 is 50.4 Å². The van der Waals surface area contributed by atoms with Crippen LogP contribution in [0, 0.1) is 91.4 Å². The Labute approximate surface area is 328 Å². The summed E-state index contributed by atoms with van der Waals surface area (Å²) in [7, 11) is 3.77. The van der Waals surface area contributed by atoms with E-state index in [-0.39, 0.29) is 91.5 Å². The summed E-state index contributed by atoms with van der Waals surface area (Å²) in [6.45, 7) is 4.53. The molecule has 0 heterocycles. The van der Waals surface area contributed by atoms with Gasteiger partial charge in [0.25, 0.3) is 0 Å². The number of nitriles is 1. The van der Waals surface area contributed by atoms with Crippen molar-refractivity contribution in [2.24, 2.45) is 0 Å². The van der Waals surface area contributed by atoms with Gasteiger partial charge in [-0.05, 0) is 56.4 Å². The van der Waals surface area contributed by atoms with E-state index in [4.69, 9.17) is 45.8 Å². The molecule has 0 saturated carbocycles. The minimum Gasteiger partial charge on any atom is -0.872 e. The molecule has 2 rings (SSSR count). The molecule has 2 aromatic carbocycles. The van der Waals surface area contributed by atoms with Crippen molar-refractivity contribution in [3.63, 3.8) is 0 Å². The Balaban J connectivity index is -0.000000263. The number of carboxylic acids is 1. The van der Waals surface area contributed by atoms with Crippen LogP contribution in [0.1, 0.15) is 45.7 Å². The van der Waals surface area contributed by atoms with Gasteiger partial charge in [-0.3, -0.25) is 9.59 Å². The van der Waals surface area contributed by atoms with Gasteiger partial charge in [0.05, 0.1) is 16.2 Å². The molecule has 0 amide bonds. The van der Waals surface area contributed by atoms with Crippen molar-refractivity contribution in [1.29, 1.82) is 5.26 Å². The molecule has 242 valence electrons. The number of carbonyl (C=O) groups excluding carboxylic acids is 3. The number of nitrogens with zero attached hydrogens (tertiary/aromatic N) is 5. The van der Waals surface area contributed by atoms with Gasteiger partial charge >= 0.3 is 68.9 Å². The fourth-order valence-electron chi connectivity index (χ4n) is 2.84. The summed E-state index contributed by atoms with van der Waals surface area (Å²) in [5.74, 6) is -1.60. The van der Waals surface area contributed by atoms with Crippen molar-refractivity contribution in [2.45, 2.75) is 26.9 Å². The summed E-state index contributed by atoms with van der Waals surface area (Å²) < 4.78 is 1.39. The smallest absolute Gasteiger partial charge is 0.872 e. The maximum Gasteiger partial charge on any atom is 3.00 e. The Morgan fingerprint density at radius 2 is 1.07 bits per heavy atom. The molecular weight excluding hydrogens is 927 g/mol. The minimum absolute atomic E-state index is 0. The molecule has 0 radical (unpaired) electrons. The third-order valence-electron chi connectivity index (χ3n) is 4.32. The summed E-state index contributed by atoms with van der Waals surface area (Å²) in [6, 6.07) is 8.22. The first-order valence-electron chi connectivity index (χ1n) is 11.2. The van der Waals surface area contributed by atoms with Crippen LogP contribution < -0.4 is 15.3 Å². The second-order valence-electron chi connectivity index (χ2n) is 7.84. The number of hydrogen-bond donors (Lipinski definition) is 0. The van der Waals surface area contributed by atoms with E-state index in [1.54, 1.807) is 18.2 Å². The number of rotatable bonds is 9. The Morgan fingerprint density at radius 1 is 0.844 bits per heavy atom. The van der Waals surface area contributed by atoms with Crippen LogP contribution in [0.4, 0.5) is 0 Å². The summed E-state index contributed by atoms with van der Waals surface area (Å²) in [4.78, 5) is 51.4. The first kappa shape index (κ1) is 52.4. The van der Waals surface area contributed by atoms with Crippen molar-refractivity contribution in [3.05, 3.63) is 86.1 Å². The first-order valence-corrected chi connectivity index (χ1v) is 12.8. The molecule has 0 spiro atoms. The maximum absolute atomic E-state index is 12.2. The largest absolute Gasteiger partial charge is 3.00 e. The number of aliphatic carboxylic acids is 1. The Bertz CT molecular complexity index is 1160. The first-order chi connectivity index (χ1) is 19.9. The molecule has 0 aromatic heterocycles. The van der Waals surface area contributed by atoms with E-state index in [1.165, 1.54) is 19.1 Å². The second kappa shape index (κ2) is 30.5. The normalized spacial score (nSPS) is 8.78. The number of hydrogen-bond acceptors (Lipinski definition) is 15. The second-order valence-corrected chi connectivity index (χ2v) is 9.67. The van der Waals surface area contributed by atoms with Gasteiger partial charge in [-0.1, -0.05) is 43.4 Å². The molecule has 17 nitrogen and oxygen atoms in total. The third kappa shape index (κ3) is 30.3. The number of benzene rings is 2. The van der Waals surface area contributed by atoms with Gasteiger partial charge in [-0.25, -0.2) is 0 Å². The van der Waals surface area contributed by atoms with E-state index in [1.807, 2.05) is 23.9 Å².